The van der Waals surface area contributed by atoms with Gasteiger partial charge in [0.25, 0.3) is 0 Å². The maximum Gasteiger partial charge on any atom is 0.173 e. The number of anilines is 1. The lowest BCUT2D eigenvalue weighted by Crippen LogP contribution is -2.44. The van der Waals surface area contributed by atoms with Crippen LogP contribution in [0.2, 0.25) is 5.02 Å². The highest BCUT2D eigenvalue weighted by Crippen LogP contribution is 2.27. The smallest absolute Gasteiger partial charge is 0.173 e. The second-order valence-electron chi connectivity index (χ2n) is 5.41. The fourth-order valence-electron chi connectivity index (χ4n) is 2.61. The fraction of sp³-hybridized carbons (Fsp3) is 0.500. The second kappa shape index (κ2) is 6.42. The van der Waals surface area contributed by atoms with Crippen molar-refractivity contribution in [3.8, 4) is 0 Å². The van der Waals surface area contributed by atoms with Crippen LogP contribution in [0.1, 0.15) is 20.3 Å². The van der Waals surface area contributed by atoms with Crippen molar-refractivity contribution >= 4 is 50.5 Å². The van der Waals surface area contributed by atoms with Crippen LogP contribution in [-0.2, 0) is 0 Å². The van der Waals surface area contributed by atoms with Gasteiger partial charge in [0.15, 0.2) is 5.11 Å². The molecule has 0 saturated carbocycles. The van der Waals surface area contributed by atoms with Gasteiger partial charge in [-0.25, -0.2) is 0 Å². The fourth-order valence-corrected chi connectivity index (χ4v) is 3.59. The molecule has 1 aromatic carbocycles. The Morgan fingerprint density at radius 1 is 1.37 bits per heavy atom. The Balaban J connectivity index is 2.04. The van der Waals surface area contributed by atoms with Crippen molar-refractivity contribution < 1.29 is 0 Å². The van der Waals surface area contributed by atoms with Crippen LogP contribution in [0, 0.1) is 11.8 Å². The molecule has 0 bridgehead atoms. The molecule has 0 aromatic heterocycles. The van der Waals surface area contributed by atoms with Gasteiger partial charge in [0, 0.05) is 17.6 Å². The van der Waals surface area contributed by atoms with E-state index in [4.69, 9.17) is 23.8 Å². The van der Waals surface area contributed by atoms with E-state index < -0.39 is 0 Å². The van der Waals surface area contributed by atoms with Crippen LogP contribution in [0.25, 0.3) is 0 Å². The van der Waals surface area contributed by atoms with Crippen molar-refractivity contribution in [3.05, 3.63) is 27.7 Å². The number of halogens is 2. The number of rotatable bonds is 1. The zero-order chi connectivity index (χ0) is 14.0. The largest absolute Gasteiger partial charge is 0.348 e. The minimum atomic E-state index is 0.676. The molecule has 1 saturated heterocycles. The zero-order valence-electron chi connectivity index (χ0n) is 11.1. The van der Waals surface area contributed by atoms with E-state index >= 15 is 0 Å². The van der Waals surface area contributed by atoms with Gasteiger partial charge in [0.2, 0.25) is 0 Å². The molecule has 104 valence electrons. The van der Waals surface area contributed by atoms with E-state index in [1.54, 1.807) is 0 Å². The summed E-state index contributed by atoms with van der Waals surface area (Å²) in [5.41, 5.74) is 0.862. The lowest BCUT2D eigenvalue weighted by Gasteiger charge is -2.36. The minimum Gasteiger partial charge on any atom is -0.348 e. The third-order valence-electron chi connectivity index (χ3n) is 3.33. The normalized spacial score (nSPS) is 23.3. The molecular formula is C14H18BrClN2S. The Hall–Kier alpha value is -0.320. The summed E-state index contributed by atoms with van der Waals surface area (Å²) in [5, 5.41) is 4.69. The van der Waals surface area contributed by atoms with Crippen molar-refractivity contribution in [1.82, 2.24) is 4.90 Å². The summed E-state index contributed by atoms with van der Waals surface area (Å²) in [4.78, 5) is 2.24. The zero-order valence-corrected chi connectivity index (χ0v) is 14.3. The Labute approximate surface area is 133 Å². The Morgan fingerprint density at radius 3 is 2.58 bits per heavy atom. The summed E-state index contributed by atoms with van der Waals surface area (Å²) in [6.07, 6.45) is 1.28. The standard InChI is InChI=1S/C14H18BrClN2S/c1-9-5-10(2)8-18(7-9)14(19)17-13-4-3-11(15)6-12(13)16/h3-4,6,9-10H,5,7-8H2,1-2H3,(H,17,19). The molecule has 0 amide bonds. The van der Waals surface area contributed by atoms with Gasteiger partial charge in [0.1, 0.15) is 0 Å². The molecule has 19 heavy (non-hydrogen) atoms. The number of likely N-dealkylation sites (tertiary alicyclic amines) is 1. The topological polar surface area (TPSA) is 15.3 Å². The minimum absolute atomic E-state index is 0.676. The summed E-state index contributed by atoms with van der Waals surface area (Å²) in [6.45, 7) is 6.59. The third kappa shape index (κ3) is 4.07. The molecule has 0 spiro atoms. The molecule has 2 nitrogen and oxygen atoms in total. The highest BCUT2D eigenvalue weighted by atomic mass is 79.9. The third-order valence-corrected chi connectivity index (χ3v) is 4.50. The van der Waals surface area contributed by atoms with Crippen LogP contribution < -0.4 is 5.32 Å². The lowest BCUT2D eigenvalue weighted by molar-refractivity contribution is 0.216. The van der Waals surface area contributed by atoms with Crippen molar-refractivity contribution in [2.45, 2.75) is 20.3 Å². The van der Waals surface area contributed by atoms with Crippen LogP contribution >= 0.6 is 39.7 Å². The van der Waals surface area contributed by atoms with E-state index in [-0.39, 0.29) is 0 Å². The van der Waals surface area contributed by atoms with Crippen molar-refractivity contribution in [1.29, 1.82) is 0 Å². The van der Waals surface area contributed by atoms with Gasteiger partial charge in [0.05, 0.1) is 10.7 Å². The summed E-state index contributed by atoms with van der Waals surface area (Å²) < 4.78 is 0.967. The number of hydrogen-bond donors (Lipinski definition) is 1. The van der Waals surface area contributed by atoms with Crippen LogP contribution in [-0.4, -0.2) is 23.1 Å². The van der Waals surface area contributed by atoms with E-state index in [9.17, 15) is 0 Å². The maximum atomic E-state index is 6.20. The average Bonchev–Trinajstić information content (AvgIpc) is 2.31. The molecule has 2 unspecified atom stereocenters. The van der Waals surface area contributed by atoms with Crippen LogP contribution in [0.5, 0.6) is 0 Å². The monoisotopic (exact) mass is 360 g/mol. The van der Waals surface area contributed by atoms with Crippen LogP contribution in [0.3, 0.4) is 0 Å². The molecule has 1 heterocycles. The van der Waals surface area contributed by atoms with E-state index in [1.165, 1.54) is 6.42 Å². The number of nitrogens with one attached hydrogen (secondary N) is 1. The maximum absolute atomic E-state index is 6.20. The first-order valence-electron chi connectivity index (χ1n) is 6.46. The first-order chi connectivity index (χ1) is 8.95. The first-order valence-corrected chi connectivity index (χ1v) is 8.04. The van der Waals surface area contributed by atoms with E-state index in [0.29, 0.717) is 16.9 Å². The van der Waals surface area contributed by atoms with Crippen molar-refractivity contribution in [2.75, 3.05) is 18.4 Å². The van der Waals surface area contributed by atoms with Gasteiger partial charge < -0.3 is 10.2 Å². The SMILES string of the molecule is CC1CC(C)CN(C(=S)Nc2ccc(Br)cc2Cl)C1. The van der Waals surface area contributed by atoms with Crippen LogP contribution in [0.4, 0.5) is 5.69 Å². The van der Waals surface area contributed by atoms with Crippen LogP contribution in [0.15, 0.2) is 22.7 Å². The predicted octanol–water partition coefficient (Wildman–Crippen LogP) is 4.78. The Morgan fingerprint density at radius 2 is 2.00 bits per heavy atom. The van der Waals surface area contributed by atoms with E-state index in [2.05, 4.69) is 40.0 Å². The lowest BCUT2D eigenvalue weighted by atomic mass is 9.92. The van der Waals surface area contributed by atoms with Gasteiger partial charge in [-0.1, -0.05) is 41.4 Å². The van der Waals surface area contributed by atoms with E-state index in [0.717, 1.165) is 28.4 Å². The van der Waals surface area contributed by atoms with Gasteiger partial charge in [-0.2, -0.15) is 0 Å². The Bertz CT molecular complexity index is 471. The van der Waals surface area contributed by atoms with Gasteiger partial charge in [-0.3, -0.25) is 0 Å². The number of hydrogen-bond acceptors (Lipinski definition) is 1. The molecule has 2 atom stereocenters. The number of thiocarbonyl (C=S) groups is 1. The number of nitrogens with zero attached hydrogens (tertiary/aromatic N) is 1. The quantitative estimate of drug-likeness (QED) is 0.725. The number of piperidine rings is 1. The van der Waals surface area contributed by atoms with Crippen molar-refractivity contribution in [2.24, 2.45) is 11.8 Å². The average molecular weight is 362 g/mol. The van der Waals surface area contributed by atoms with E-state index in [1.807, 2.05) is 18.2 Å². The molecule has 1 N–H and O–H groups in total. The molecule has 1 aliphatic heterocycles. The van der Waals surface area contributed by atoms with Crippen molar-refractivity contribution in [3.63, 3.8) is 0 Å². The first kappa shape index (κ1) is 15.1. The molecule has 1 fully saturated rings. The Kier molecular flexibility index (Phi) is 5.09. The highest BCUT2D eigenvalue weighted by molar-refractivity contribution is 9.10. The summed E-state index contributed by atoms with van der Waals surface area (Å²) in [7, 11) is 0. The molecule has 5 heteroatoms. The number of benzene rings is 1. The molecule has 1 aliphatic rings. The van der Waals surface area contributed by atoms with Gasteiger partial charge in [-0.15, -0.1) is 0 Å². The molecular weight excluding hydrogens is 344 g/mol. The molecule has 2 rings (SSSR count). The summed E-state index contributed by atoms with van der Waals surface area (Å²) in [6, 6.07) is 5.77. The van der Waals surface area contributed by atoms with Gasteiger partial charge in [-0.05, 0) is 48.7 Å². The van der Waals surface area contributed by atoms with Gasteiger partial charge >= 0.3 is 0 Å². The molecule has 1 aromatic rings. The summed E-state index contributed by atoms with van der Waals surface area (Å²) in [5.74, 6) is 1.37. The highest BCUT2D eigenvalue weighted by Gasteiger charge is 2.23. The second-order valence-corrected chi connectivity index (χ2v) is 7.11. The molecule has 0 radical (unpaired) electrons. The predicted molar refractivity (Wildman–Crippen MR) is 89.9 cm³/mol. The summed E-state index contributed by atoms with van der Waals surface area (Å²) >= 11 is 15.1. The molecule has 0 aliphatic carbocycles.